The van der Waals surface area contributed by atoms with E-state index in [4.69, 9.17) is 10.2 Å². The molecule has 0 bridgehead atoms. The van der Waals surface area contributed by atoms with Crippen molar-refractivity contribution in [1.82, 2.24) is 14.9 Å². The number of furan rings is 1. The molecular weight excluding hydrogens is 316 g/mol. The molecule has 0 aliphatic rings. The standard InChI is InChI=1S/C19H20N4O2/c1-14-4-6-15(7-5-14)8-11-23(13-16-3-2-12-25-16)19(24)17-18(20)22-10-9-21-17/h2-7,9-10,12H,8,11,13H2,1H3,(H2,20,22). The predicted molar refractivity (Wildman–Crippen MR) is 94.8 cm³/mol. The van der Waals surface area contributed by atoms with Crippen LogP contribution in [-0.4, -0.2) is 27.3 Å². The maximum atomic E-state index is 12.9. The number of nitrogens with zero attached hydrogens (tertiary/aromatic N) is 3. The number of nitrogens with two attached hydrogens (primary N) is 1. The summed E-state index contributed by atoms with van der Waals surface area (Å²) >= 11 is 0. The third-order valence-electron chi connectivity index (χ3n) is 3.93. The molecule has 0 radical (unpaired) electrons. The van der Waals surface area contributed by atoms with Crippen molar-refractivity contribution in [2.24, 2.45) is 0 Å². The SMILES string of the molecule is Cc1ccc(CCN(Cc2ccco2)C(=O)c2nccnc2N)cc1. The maximum absolute atomic E-state index is 12.9. The molecule has 6 nitrogen and oxygen atoms in total. The first-order valence-corrected chi connectivity index (χ1v) is 8.07. The summed E-state index contributed by atoms with van der Waals surface area (Å²) in [6.07, 6.45) is 5.26. The van der Waals surface area contributed by atoms with E-state index in [2.05, 4.69) is 34.2 Å². The zero-order valence-corrected chi connectivity index (χ0v) is 14.1. The fourth-order valence-electron chi connectivity index (χ4n) is 2.53. The fourth-order valence-corrected chi connectivity index (χ4v) is 2.53. The van der Waals surface area contributed by atoms with E-state index in [1.807, 2.05) is 13.0 Å². The van der Waals surface area contributed by atoms with Crippen molar-refractivity contribution in [3.05, 3.63) is 77.6 Å². The van der Waals surface area contributed by atoms with Crippen LogP contribution in [0.1, 0.15) is 27.4 Å². The Labute approximate surface area is 146 Å². The first-order chi connectivity index (χ1) is 12.1. The van der Waals surface area contributed by atoms with Crippen LogP contribution in [0.5, 0.6) is 0 Å². The Morgan fingerprint density at radius 1 is 1.16 bits per heavy atom. The highest BCUT2D eigenvalue weighted by molar-refractivity contribution is 5.96. The van der Waals surface area contributed by atoms with Gasteiger partial charge in [-0.3, -0.25) is 4.79 Å². The van der Waals surface area contributed by atoms with E-state index >= 15 is 0 Å². The van der Waals surface area contributed by atoms with E-state index < -0.39 is 0 Å². The minimum atomic E-state index is -0.255. The summed E-state index contributed by atoms with van der Waals surface area (Å²) in [6.45, 7) is 2.93. The number of carbonyl (C=O) groups excluding carboxylic acids is 1. The molecule has 0 unspecified atom stereocenters. The molecule has 0 aliphatic carbocycles. The van der Waals surface area contributed by atoms with Gasteiger partial charge in [-0.25, -0.2) is 9.97 Å². The summed E-state index contributed by atoms with van der Waals surface area (Å²) in [6, 6.07) is 11.9. The summed E-state index contributed by atoms with van der Waals surface area (Å²) in [7, 11) is 0. The Hall–Kier alpha value is -3.15. The van der Waals surface area contributed by atoms with Crippen LogP contribution in [0.15, 0.2) is 59.5 Å². The van der Waals surface area contributed by atoms with Crippen LogP contribution in [0.2, 0.25) is 0 Å². The van der Waals surface area contributed by atoms with Gasteiger partial charge in [-0.1, -0.05) is 29.8 Å². The quantitative estimate of drug-likeness (QED) is 0.748. The lowest BCUT2D eigenvalue weighted by Crippen LogP contribution is -2.33. The van der Waals surface area contributed by atoms with Gasteiger partial charge in [0.15, 0.2) is 11.5 Å². The summed E-state index contributed by atoms with van der Waals surface area (Å²) < 4.78 is 5.39. The van der Waals surface area contributed by atoms with Gasteiger partial charge >= 0.3 is 0 Å². The molecule has 0 saturated heterocycles. The lowest BCUT2D eigenvalue weighted by atomic mass is 10.1. The highest BCUT2D eigenvalue weighted by Gasteiger charge is 2.21. The van der Waals surface area contributed by atoms with Gasteiger partial charge < -0.3 is 15.1 Å². The van der Waals surface area contributed by atoms with Gasteiger partial charge in [0.2, 0.25) is 0 Å². The van der Waals surface area contributed by atoms with Gasteiger partial charge in [-0.05, 0) is 31.0 Å². The van der Waals surface area contributed by atoms with E-state index in [-0.39, 0.29) is 17.4 Å². The van der Waals surface area contributed by atoms with E-state index in [1.54, 1.807) is 17.2 Å². The van der Waals surface area contributed by atoms with Crippen molar-refractivity contribution in [2.45, 2.75) is 19.9 Å². The number of aromatic nitrogens is 2. The Bertz CT molecular complexity index is 829. The lowest BCUT2D eigenvalue weighted by molar-refractivity contribution is 0.0728. The highest BCUT2D eigenvalue weighted by Crippen LogP contribution is 2.14. The second kappa shape index (κ2) is 7.61. The van der Waals surface area contributed by atoms with Crippen molar-refractivity contribution in [1.29, 1.82) is 0 Å². The third-order valence-corrected chi connectivity index (χ3v) is 3.93. The summed E-state index contributed by atoms with van der Waals surface area (Å²) in [5.41, 5.74) is 8.35. The number of carbonyl (C=O) groups is 1. The Kier molecular flexibility index (Phi) is 5.09. The van der Waals surface area contributed by atoms with Crippen molar-refractivity contribution in [3.8, 4) is 0 Å². The van der Waals surface area contributed by atoms with Gasteiger partial charge in [-0.15, -0.1) is 0 Å². The molecule has 1 amide bonds. The molecular formula is C19H20N4O2. The number of anilines is 1. The first-order valence-electron chi connectivity index (χ1n) is 8.07. The molecule has 3 aromatic rings. The van der Waals surface area contributed by atoms with Crippen LogP contribution in [0.4, 0.5) is 5.82 Å². The molecule has 0 saturated carbocycles. The Balaban J connectivity index is 1.78. The number of benzene rings is 1. The van der Waals surface area contributed by atoms with Gasteiger partial charge in [0.25, 0.3) is 5.91 Å². The highest BCUT2D eigenvalue weighted by atomic mass is 16.3. The third kappa shape index (κ3) is 4.23. The molecule has 25 heavy (non-hydrogen) atoms. The molecule has 3 rings (SSSR count). The molecule has 0 spiro atoms. The lowest BCUT2D eigenvalue weighted by Gasteiger charge is -2.21. The van der Waals surface area contributed by atoms with Crippen LogP contribution in [-0.2, 0) is 13.0 Å². The van der Waals surface area contributed by atoms with E-state index in [9.17, 15) is 4.79 Å². The molecule has 0 atom stereocenters. The van der Waals surface area contributed by atoms with Crippen molar-refractivity contribution in [2.75, 3.05) is 12.3 Å². The van der Waals surface area contributed by atoms with Gasteiger partial charge in [0, 0.05) is 18.9 Å². The van der Waals surface area contributed by atoms with Crippen LogP contribution in [0.25, 0.3) is 0 Å². The molecule has 0 aliphatic heterocycles. The van der Waals surface area contributed by atoms with Crippen molar-refractivity contribution >= 4 is 11.7 Å². The summed E-state index contributed by atoms with van der Waals surface area (Å²) in [5, 5.41) is 0. The largest absolute Gasteiger partial charge is 0.467 e. The van der Waals surface area contributed by atoms with Crippen LogP contribution >= 0.6 is 0 Å². The molecule has 2 heterocycles. The average molecular weight is 336 g/mol. The van der Waals surface area contributed by atoms with Crippen molar-refractivity contribution in [3.63, 3.8) is 0 Å². The van der Waals surface area contributed by atoms with E-state index in [0.29, 0.717) is 18.8 Å². The zero-order valence-electron chi connectivity index (χ0n) is 14.1. The van der Waals surface area contributed by atoms with Crippen molar-refractivity contribution < 1.29 is 9.21 Å². The molecule has 6 heteroatoms. The normalized spacial score (nSPS) is 10.6. The number of nitrogen functional groups attached to an aromatic ring is 1. The monoisotopic (exact) mass is 336 g/mol. The second-order valence-corrected chi connectivity index (χ2v) is 5.83. The average Bonchev–Trinajstić information content (AvgIpc) is 3.13. The predicted octanol–water partition coefficient (Wildman–Crippen LogP) is 2.85. The molecule has 2 aromatic heterocycles. The maximum Gasteiger partial charge on any atom is 0.276 e. The first kappa shape index (κ1) is 16.7. The van der Waals surface area contributed by atoms with Crippen LogP contribution in [0, 0.1) is 6.92 Å². The zero-order chi connectivity index (χ0) is 17.6. The minimum absolute atomic E-state index is 0.132. The number of aryl methyl sites for hydroxylation is 1. The smallest absolute Gasteiger partial charge is 0.276 e. The molecule has 0 fully saturated rings. The molecule has 2 N–H and O–H groups in total. The van der Waals surface area contributed by atoms with E-state index in [0.717, 1.165) is 12.0 Å². The Morgan fingerprint density at radius 2 is 1.92 bits per heavy atom. The fraction of sp³-hybridized carbons (Fsp3) is 0.211. The number of hydrogen-bond donors (Lipinski definition) is 1. The molecule has 128 valence electrons. The van der Waals surface area contributed by atoms with Crippen LogP contribution < -0.4 is 5.73 Å². The summed E-state index contributed by atoms with van der Waals surface area (Å²) in [5.74, 6) is 0.584. The van der Waals surface area contributed by atoms with Gasteiger partial charge in [0.1, 0.15) is 5.76 Å². The van der Waals surface area contributed by atoms with E-state index in [1.165, 1.54) is 18.0 Å². The van der Waals surface area contributed by atoms with Gasteiger partial charge in [-0.2, -0.15) is 0 Å². The van der Waals surface area contributed by atoms with Gasteiger partial charge in [0.05, 0.1) is 12.8 Å². The topological polar surface area (TPSA) is 85.2 Å². The van der Waals surface area contributed by atoms with Crippen LogP contribution in [0.3, 0.4) is 0 Å². The minimum Gasteiger partial charge on any atom is -0.467 e. The summed E-state index contributed by atoms with van der Waals surface area (Å²) in [4.78, 5) is 22.6. The molecule has 1 aromatic carbocycles. The number of hydrogen-bond acceptors (Lipinski definition) is 5. The number of amides is 1. The Morgan fingerprint density at radius 3 is 2.60 bits per heavy atom. The number of rotatable bonds is 6. The second-order valence-electron chi connectivity index (χ2n) is 5.83.